The molecule has 1 aromatic heterocycles. The van der Waals surface area contributed by atoms with Crippen LogP contribution in [0.15, 0.2) is 34.1 Å². The number of carbonyl (C=O) groups excluding carboxylic acids is 1. The molecule has 8 heteroatoms. The van der Waals surface area contributed by atoms with Gasteiger partial charge >= 0.3 is 5.97 Å². The van der Waals surface area contributed by atoms with Gasteiger partial charge in [0.1, 0.15) is 5.56 Å². The smallest absolute Gasteiger partial charge is 0.343 e. The summed E-state index contributed by atoms with van der Waals surface area (Å²) in [6, 6.07) is 4.48. The molecule has 2 aromatic rings. The molecule has 26 heavy (non-hydrogen) atoms. The summed E-state index contributed by atoms with van der Waals surface area (Å²) in [7, 11) is -0.784. The van der Waals surface area contributed by atoms with Gasteiger partial charge < -0.3 is 9.30 Å². The Morgan fingerprint density at radius 2 is 1.77 bits per heavy atom. The molecule has 1 saturated heterocycles. The normalized spacial score (nSPS) is 16.4. The lowest BCUT2D eigenvalue weighted by atomic mass is 10.1. The first-order valence-electron chi connectivity index (χ1n) is 8.58. The van der Waals surface area contributed by atoms with E-state index in [-0.39, 0.29) is 15.8 Å². The van der Waals surface area contributed by atoms with Crippen molar-refractivity contribution in [3.05, 3.63) is 40.2 Å². The van der Waals surface area contributed by atoms with E-state index in [1.807, 2.05) is 0 Å². The number of aromatic nitrogens is 1. The molecule has 0 bridgehead atoms. The molecule has 0 saturated carbocycles. The minimum absolute atomic E-state index is 0.0750. The molecule has 0 radical (unpaired) electrons. The van der Waals surface area contributed by atoms with Crippen LogP contribution in [0.5, 0.6) is 0 Å². The summed E-state index contributed by atoms with van der Waals surface area (Å²) < 4.78 is 33.7. The number of ether oxygens (including phenoxy) is 1. The SMILES string of the molecule is COC(=O)c1cn(C)c2ccc(S(=O)(=O)N3CCCCCC3)cc2c1=O. The molecular formula is C18H22N2O5S. The third-order valence-corrected chi connectivity index (χ3v) is 6.66. The lowest BCUT2D eigenvalue weighted by Crippen LogP contribution is -2.32. The number of hydrogen-bond acceptors (Lipinski definition) is 5. The maximum atomic E-state index is 13.0. The van der Waals surface area contributed by atoms with E-state index in [1.54, 1.807) is 17.7 Å². The summed E-state index contributed by atoms with van der Waals surface area (Å²) in [5, 5.41) is 0.186. The molecule has 1 fully saturated rings. The van der Waals surface area contributed by atoms with E-state index in [0.717, 1.165) is 25.7 Å². The van der Waals surface area contributed by atoms with Crippen molar-refractivity contribution in [1.82, 2.24) is 8.87 Å². The lowest BCUT2D eigenvalue weighted by Gasteiger charge is -2.20. The molecule has 0 aliphatic carbocycles. The highest BCUT2D eigenvalue weighted by Crippen LogP contribution is 2.23. The van der Waals surface area contributed by atoms with Crippen molar-refractivity contribution in [3.63, 3.8) is 0 Å². The predicted molar refractivity (Wildman–Crippen MR) is 97.8 cm³/mol. The summed E-state index contributed by atoms with van der Waals surface area (Å²) in [4.78, 5) is 24.6. The highest BCUT2D eigenvalue weighted by Gasteiger charge is 2.26. The van der Waals surface area contributed by atoms with Crippen molar-refractivity contribution in [2.24, 2.45) is 7.05 Å². The summed E-state index contributed by atoms with van der Waals surface area (Å²) in [6.45, 7) is 0.973. The fraction of sp³-hybridized carbons (Fsp3) is 0.444. The van der Waals surface area contributed by atoms with Gasteiger partial charge in [0, 0.05) is 31.7 Å². The number of fused-ring (bicyclic) bond motifs is 1. The Kier molecular flexibility index (Phi) is 5.15. The number of carbonyl (C=O) groups is 1. The van der Waals surface area contributed by atoms with Gasteiger partial charge in [0.05, 0.1) is 17.5 Å². The maximum absolute atomic E-state index is 13.0. The molecule has 1 aliphatic heterocycles. The zero-order chi connectivity index (χ0) is 18.9. The Balaban J connectivity index is 2.15. The van der Waals surface area contributed by atoms with Gasteiger partial charge in [-0.25, -0.2) is 13.2 Å². The Morgan fingerprint density at radius 3 is 2.38 bits per heavy atom. The second kappa shape index (κ2) is 7.20. The maximum Gasteiger partial charge on any atom is 0.343 e. The largest absolute Gasteiger partial charge is 0.465 e. The number of benzene rings is 1. The molecular weight excluding hydrogens is 356 g/mol. The predicted octanol–water partition coefficient (Wildman–Crippen LogP) is 1.89. The van der Waals surface area contributed by atoms with E-state index in [4.69, 9.17) is 0 Å². The molecule has 0 atom stereocenters. The number of hydrogen-bond donors (Lipinski definition) is 0. The highest BCUT2D eigenvalue weighted by atomic mass is 32.2. The summed E-state index contributed by atoms with van der Waals surface area (Å²) in [5.74, 6) is -0.742. The van der Waals surface area contributed by atoms with E-state index in [1.165, 1.54) is 29.7 Å². The van der Waals surface area contributed by atoms with Crippen LogP contribution in [0.4, 0.5) is 0 Å². The Hall–Kier alpha value is -2.19. The fourth-order valence-electron chi connectivity index (χ4n) is 3.32. The molecule has 0 amide bonds. The van der Waals surface area contributed by atoms with Crippen LogP contribution in [0.2, 0.25) is 0 Å². The van der Waals surface area contributed by atoms with Crippen LogP contribution < -0.4 is 5.43 Å². The molecule has 140 valence electrons. The third kappa shape index (κ3) is 3.26. The molecule has 7 nitrogen and oxygen atoms in total. The van der Waals surface area contributed by atoms with E-state index in [0.29, 0.717) is 18.6 Å². The van der Waals surface area contributed by atoms with Crippen LogP contribution in [-0.4, -0.2) is 43.5 Å². The minimum atomic E-state index is -3.68. The summed E-state index contributed by atoms with van der Waals surface area (Å²) >= 11 is 0. The van der Waals surface area contributed by atoms with Gasteiger partial charge in [-0.2, -0.15) is 4.31 Å². The van der Waals surface area contributed by atoms with Crippen LogP contribution in [-0.2, 0) is 21.8 Å². The van der Waals surface area contributed by atoms with Crippen molar-refractivity contribution in [1.29, 1.82) is 0 Å². The Labute approximate surface area is 152 Å². The lowest BCUT2D eigenvalue weighted by molar-refractivity contribution is 0.0598. The number of nitrogens with zero attached hydrogens (tertiary/aromatic N) is 2. The molecule has 1 aliphatic rings. The van der Waals surface area contributed by atoms with Gasteiger partial charge in [0.2, 0.25) is 15.5 Å². The second-order valence-corrected chi connectivity index (χ2v) is 8.41. The number of rotatable bonds is 3. The van der Waals surface area contributed by atoms with Gasteiger partial charge in [-0.1, -0.05) is 12.8 Å². The monoisotopic (exact) mass is 378 g/mol. The average Bonchev–Trinajstić information content (AvgIpc) is 2.93. The number of methoxy groups -OCH3 is 1. The second-order valence-electron chi connectivity index (χ2n) is 6.47. The first kappa shape index (κ1) is 18.6. The first-order valence-corrected chi connectivity index (χ1v) is 10.0. The van der Waals surface area contributed by atoms with Gasteiger partial charge in [-0.3, -0.25) is 4.79 Å². The van der Waals surface area contributed by atoms with Crippen molar-refractivity contribution in [3.8, 4) is 0 Å². The van der Waals surface area contributed by atoms with Gasteiger partial charge in [-0.05, 0) is 31.0 Å². The number of sulfonamides is 1. The molecule has 3 rings (SSSR count). The Morgan fingerprint density at radius 1 is 1.12 bits per heavy atom. The van der Waals surface area contributed by atoms with Crippen molar-refractivity contribution < 1.29 is 17.9 Å². The molecule has 0 N–H and O–H groups in total. The zero-order valence-corrected chi connectivity index (χ0v) is 15.7. The molecule has 0 unspecified atom stereocenters. The van der Waals surface area contributed by atoms with E-state index in [2.05, 4.69) is 4.74 Å². The zero-order valence-electron chi connectivity index (χ0n) is 14.9. The highest BCUT2D eigenvalue weighted by molar-refractivity contribution is 7.89. The quantitative estimate of drug-likeness (QED) is 0.762. The standard InChI is InChI=1S/C18H22N2O5S/c1-19-12-15(18(22)25-2)17(21)14-11-13(7-8-16(14)19)26(23,24)20-9-5-3-4-6-10-20/h7-8,11-12H,3-6,9-10H2,1-2H3. The number of esters is 1. The summed E-state index contributed by atoms with van der Waals surface area (Å²) in [5.41, 5.74) is -0.0952. The van der Waals surface area contributed by atoms with Crippen molar-refractivity contribution >= 4 is 26.9 Å². The van der Waals surface area contributed by atoms with Gasteiger partial charge in [0.15, 0.2) is 0 Å². The van der Waals surface area contributed by atoms with E-state index >= 15 is 0 Å². The van der Waals surface area contributed by atoms with Crippen molar-refractivity contribution in [2.75, 3.05) is 20.2 Å². The van der Waals surface area contributed by atoms with Crippen LogP contribution in [0.3, 0.4) is 0 Å². The topological polar surface area (TPSA) is 85.7 Å². The molecule has 0 spiro atoms. The minimum Gasteiger partial charge on any atom is -0.465 e. The van der Waals surface area contributed by atoms with Gasteiger partial charge in [0.25, 0.3) is 0 Å². The first-order chi connectivity index (χ1) is 12.4. The van der Waals surface area contributed by atoms with Crippen LogP contribution in [0.25, 0.3) is 10.9 Å². The molecule has 2 heterocycles. The van der Waals surface area contributed by atoms with Crippen LogP contribution >= 0.6 is 0 Å². The van der Waals surface area contributed by atoms with Crippen LogP contribution in [0.1, 0.15) is 36.0 Å². The van der Waals surface area contributed by atoms with E-state index in [9.17, 15) is 18.0 Å². The number of pyridine rings is 1. The average molecular weight is 378 g/mol. The van der Waals surface area contributed by atoms with Crippen molar-refractivity contribution in [2.45, 2.75) is 30.6 Å². The summed E-state index contributed by atoms with van der Waals surface area (Å²) in [6.07, 6.45) is 5.11. The van der Waals surface area contributed by atoms with E-state index < -0.39 is 21.4 Å². The fourth-order valence-corrected chi connectivity index (χ4v) is 4.86. The number of aryl methyl sites for hydroxylation is 1. The third-order valence-electron chi connectivity index (χ3n) is 4.77. The molecule has 1 aromatic carbocycles. The van der Waals surface area contributed by atoms with Crippen LogP contribution in [0, 0.1) is 0 Å². The Bertz CT molecular complexity index is 1000. The van der Waals surface area contributed by atoms with Gasteiger partial charge in [-0.15, -0.1) is 0 Å².